The van der Waals surface area contributed by atoms with Gasteiger partial charge in [0.05, 0.1) is 5.41 Å². The molecule has 0 fully saturated rings. The molecule has 1 aromatic heterocycles. The van der Waals surface area contributed by atoms with Crippen molar-refractivity contribution in [2.24, 2.45) is 0 Å². The summed E-state index contributed by atoms with van der Waals surface area (Å²) in [6, 6.07) is 36.0. The Hall–Kier alpha value is -3.14. The Kier molecular flexibility index (Phi) is 6.21. The number of fused-ring (bicyclic) bond motifs is 7. The molecular weight excluding hydrogens is 644 g/mol. The second-order valence-electron chi connectivity index (χ2n) is 13.7. The van der Waals surface area contributed by atoms with Crippen molar-refractivity contribution >= 4 is 53.8 Å². The second kappa shape index (κ2) is 9.43. The number of halogens is 2. The molecule has 3 heteroatoms. The summed E-state index contributed by atoms with van der Waals surface area (Å²) in [5, 5.41) is 2.25. The number of hydrogen-bond acceptors (Lipinski definition) is 1. The lowest BCUT2D eigenvalue weighted by atomic mass is 9.67. The third-order valence-electron chi connectivity index (χ3n) is 9.03. The average molecular weight is 679 g/mol. The van der Waals surface area contributed by atoms with Crippen LogP contribution in [0.2, 0.25) is 0 Å². The van der Waals surface area contributed by atoms with Gasteiger partial charge in [0.25, 0.3) is 0 Å². The van der Waals surface area contributed by atoms with E-state index in [0.29, 0.717) is 0 Å². The molecule has 0 unspecified atom stereocenters. The Labute approximate surface area is 265 Å². The zero-order chi connectivity index (χ0) is 29.6. The van der Waals surface area contributed by atoms with Gasteiger partial charge in [-0.1, -0.05) is 146 Å². The predicted molar refractivity (Wildman–Crippen MR) is 184 cm³/mol. The Morgan fingerprint density at radius 2 is 1.19 bits per heavy atom. The van der Waals surface area contributed by atoms with Crippen molar-refractivity contribution in [1.82, 2.24) is 0 Å². The van der Waals surface area contributed by atoms with E-state index in [1.165, 1.54) is 44.5 Å². The summed E-state index contributed by atoms with van der Waals surface area (Å²) in [6.45, 7) is 13.6. The maximum atomic E-state index is 6.71. The third-order valence-corrected chi connectivity index (χ3v) is 10.1. The summed E-state index contributed by atoms with van der Waals surface area (Å²) in [4.78, 5) is 0. The zero-order valence-electron chi connectivity index (χ0n) is 24.9. The van der Waals surface area contributed by atoms with Gasteiger partial charge in [0.15, 0.2) is 0 Å². The van der Waals surface area contributed by atoms with Gasteiger partial charge in [-0.05, 0) is 74.0 Å². The monoisotopic (exact) mass is 676 g/mol. The molecule has 1 heterocycles. The van der Waals surface area contributed by atoms with Crippen LogP contribution in [0.1, 0.15) is 74.9 Å². The standard InChI is InChI=1S/C39H34Br2O/c1-37(2,3)23-11-15-25(16-12-23)39(26-17-13-24(14-18-26)38(4,5)6)30-21-27(40)19-20-28(30)34-31(39)22-32(41)35-29-9-7-8-10-33(29)42-36(34)35/h7-22H,1-6H3. The van der Waals surface area contributed by atoms with Gasteiger partial charge < -0.3 is 4.42 Å². The molecule has 0 amide bonds. The first-order chi connectivity index (χ1) is 19.9. The van der Waals surface area contributed by atoms with Crippen molar-refractivity contribution in [2.75, 3.05) is 0 Å². The molecule has 0 aliphatic heterocycles. The van der Waals surface area contributed by atoms with Crippen LogP contribution in [0.15, 0.2) is 110 Å². The number of hydrogen-bond donors (Lipinski definition) is 0. The summed E-state index contributed by atoms with van der Waals surface area (Å²) >= 11 is 7.85. The van der Waals surface area contributed by atoms with Gasteiger partial charge in [-0.15, -0.1) is 0 Å². The van der Waals surface area contributed by atoms with Gasteiger partial charge in [-0.25, -0.2) is 0 Å². The molecule has 0 bridgehead atoms. The lowest BCUT2D eigenvalue weighted by Gasteiger charge is -2.35. The van der Waals surface area contributed by atoms with Crippen molar-refractivity contribution < 1.29 is 4.42 Å². The van der Waals surface area contributed by atoms with E-state index in [0.717, 1.165) is 30.9 Å². The normalized spacial score (nSPS) is 14.4. The number of furan rings is 1. The van der Waals surface area contributed by atoms with E-state index in [2.05, 4.69) is 164 Å². The van der Waals surface area contributed by atoms with E-state index < -0.39 is 5.41 Å². The fraction of sp³-hybridized carbons (Fsp3) is 0.231. The molecule has 210 valence electrons. The Balaban J connectivity index is 1.64. The molecule has 0 N–H and O–H groups in total. The zero-order valence-corrected chi connectivity index (χ0v) is 28.1. The SMILES string of the molecule is CC(C)(C)c1ccc(C2(c3ccc(C(C)(C)C)cc3)c3cc(Br)ccc3-c3c2cc(Br)c2c3oc3ccccc32)cc1. The predicted octanol–water partition coefficient (Wildman–Crippen LogP) is 12.1. The van der Waals surface area contributed by atoms with Gasteiger partial charge in [0, 0.05) is 25.3 Å². The van der Waals surface area contributed by atoms with E-state index in [4.69, 9.17) is 4.42 Å². The molecule has 0 saturated heterocycles. The van der Waals surface area contributed by atoms with E-state index in [9.17, 15) is 0 Å². The maximum absolute atomic E-state index is 6.71. The number of benzene rings is 5. The smallest absolute Gasteiger partial charge is 0.144 e. The van der Waals surface area contributed by atoms with Crippen LogP contribution in [-0.2, 0) is 16.2 Å². The van der Waals surface area contributed by atoms with Gasteiger partial charge >= 0.3 is 0 Å². The summed E-state index contributed by atoms with van der Waals surface area (Å²) in [5.74, 6) is 0. The molecule has 7 rings (SSSR count). The van der Waals surface area contributed by atoms with Crippen LogP contribution in [-0.4, -0.2) is 0 Å². The van der Waals surface area contributed by atoms with Gasteiger partial charge in [0.1, 0.15) is 11.2 Å². The minimum Gasteiger partial charge on any atom is -0.455 e. The molecule has 1 aliphatic rings. The first kappa shape index (κ1) is 27.7. The topological polar surface area (TPSA) is 13.1 Å². The van der Waals surface area contributed by atoms with Crippen molar-refractivity contribution in [2.45, 2.75) is 57.8 Å². The number of rotatable bonds is 2. The lowest BCUT2D eigenvalue weighted by molar-refractivity contribution is 0.588. The highest BCUT2D eigenvalue weighted by Gasteiger charge is 2.48. The van der Waals surface area contributed by atoms with E-state index >= 15 is 0 Å². The van der Waals surface area contributed by atoms with Crippen LogP contribution < -0.4 is 0 Å². The van der Waals surface area contributed by atoms with Crippen LogP contribution in [0.25, 0.3) is 33.1 Å². The molecule has 5 aromatic carbocycles. The largest absolute Gasteiger partial charge is 0.455 e. The van der Waals surface area contributed by atoms with Crippen molar-refractivity contribution in [1.29, 1.82) is 0 Å². The van der Waals surface area contributed by atoms with Crippen LogP contribution in [0, 0.1) is 0 Å². The molecule has 6 aromatic rings. The van der Waals surface area contributed by atoms with Crippen LogP contribution >= 0.6 is 31.9 Å². The average Bonchev–Trinajstić information content (AvgIpc) is 3.46. The first-order valence-electron chi connectivity index (χ1n) is 14.6. The summed E-state index contributed by atoms with van der Waals surface area (Å²) in [7, 11) is 0. The summed E-state index contributed by atoms with van der Waals surface area (Å²) in [6.07, 6.45) is 0. The van der Waals surface area contributed by atoms with E-state index in [-0.39, 0.29) is 10.8 Å². The molecule has 0 atom stereocenters. The highest BCUT2D eigenvalue weighted by molar-refractivity contribution is 9.11. The fourth-order valence-corrected chi connectivity index (χ4v) is 7.82. The first-order valence-corrected chi connectivity index (χ1v) is 16.2. The van der Waals surface area contributed by atoms with E-state index in [1.54, 1.807) is 0 Å². The van der Waals surface area contributed by atoms with E-state index in [1.807, 2.05) is 6.07 Å². The summed E-state index contributed by atoms with van der Waals surface area (Å²) < 4.78 is 8.83. The Morgan fingerprint density at radius 1 is 0.619 bits per heavy atom. The maximum Gasteiger partial charge on any atom is 0.144 e. The van der Waals surface area contributed by atoms with Crippen molar-refractivity contribution in [3.8, 4) is 11.1 Å². The lowest BCUT2D eigenvalue weighted by Crippen LogP contribution is -2.29. The van der Waals surface area contributed by atoms with Gasteiger partial charge in [-0.2, -0.15) is 0 Å². The fourth-order valence-electron chi connectivity index (χ4n) is 6.83. The Bertz CT molecular complexity index is 1940. The Morgan fingerprint density at radius 3 is 1.76 bits per heavy atom. The minimum atomic E-state index is -0.531. The quantitative estimate of drug-likeness (QED) is 0.177. The van der Waals surface area contributed by atoms with Gasteiger partial charge in [-0.3, -0.25) is 0 Å². The van der Waals surface area contributed by atoms with Crippen LogP contribution in [0.3, 0.4) is 0 Å². The minimum absolute atomic E-state index is 0.0675. The molecule has 0 spiro atoms. The highest BCUT2D eigenvalue weighted by Crippen LogP contribution is 2.60. The van der Waals surface area contributed by atoms with Crippen molar-refractivity contribution in [3.63, 3.8) is 0 Å². The van der Waals surface area contributed by atoms with Crippen LogP contribution in [0.5, 0.6) is 0 Å². The van der Waals surface area contributed by atoms with Crippen molar-refractivity contribution in [3.05, 3.63) is 139 Å². The molecule has 1 aliphatic carbocycles. The molecular formula is C39H34Br2O. The summed E-state index contributed by atoms with van der Waals surface area (Å²) in [5.41, 5.74) is 11.5. The molecule has 0 saturated carbocycles. The second-order valence-corrected chi connectivity index (χ2v) is 15.4. The molecule has 1 nitrogen and oxygen atoms in total. The van der Waals surface area contributed by atoms with Gasteiger partial charge in [0.2, 0.25) is 0 Å². The number of para-hydroxylation sites is 1. The third kappa shape index (κ3) is 4.00. The molecule has 42 heavy (non-hydrogen) atoms. The highest BCUT2D eigenvalue weighted by atomic mass is 79.9. The molecule has 0 radical (unpaired) electrons. The van der Waals surface area contributed by atoms with Crippen LogP contribution in [0.4, 0.5) is 0 Å².